The number of fused-ring (bicyclic) bond motifs is 1. The molecule has 4 aromatic rings. The van der Waals surface area contributed by atoms with E-state index in [9.17, 15) is 19.6 Å². The van der Waals surface area contributed by atoms with Crippen LogP contribution in [0.15, 0.2) is 54.7 Å². The fourth-order valence-corrected chi connectivity index (χ4v) is 10.6. The molecule has 0 radical (unpaired) electrons. The topological polar surface area (TPSA) is 182 Å². The molecule has 3 aliphatic heterocycles. The number of methoxy groups -OCH3 is 1. The van der Waals surface area contributed by atoms with E-state index in [1.807, 2.05) is 31.3 Å². The Bertz CT molecular complexity index is 2400. The summed E-state index contributed by atoms with van der Waals surface area (Å²) >= 11 is 0. The second-order valence-electron chi connectivity index (χ2n) is 18.2. The Morgan fingerprint density at radius 2 is 1.71 bits per heavy atom. The number of ether oxygens (including phenoxy) is 2. The van der Waals surface area contributed by atoms with Gasteiger partial charge in [0.15, 0.2) is 0 Å². The molecular formula is C47H57FN8O7. The fraction of sp³-hybridized carbons (Fsp3) is 0.489. The van der Waals surface area contributed by atoms with Crippen LogP contribution in [0.25, 0.3) is 10.9 Å². The number of carbonyl (C=O) groups excluding carboxylic acids is 3. The molecule has 3 aromatic carbocycles. The van der Waals surface area contributed by atoms with Crippen molar-refractivity contribution in [1.29, 1.82) is 5.26 Å². The Hall–Kier alpha value is -6.21. The van der Waals surface area contributed by atoms with Gasteiger partial charge in [-0.25, -0.2) is 9.18 Å². The van der Waals surface area contributed by atoms with E-state index in [0.29, 0.717) is 35.2 Å². The van der Waals surface area contributed by atoms with Crippen molar-refractivity contribution >= 4 is 46.6 Å². The third-order valence-corrected chi connectivity index (χ3v) is 13.6. The summed E-state index contributed by atoms with van der Waals surface area (Å²) in [5.74, 6) is 0.676. The second kappa shape index (κ2) is 18.3. The lowest BCUT2D eigenvalue weighted by atomic mass is 9.49. The number of aromatic nitrogens is 2. The monoisotopic (exact) mass is 864 g/mol. The molecule has 0 bridgehead atoms. The average molecular weight is 865 g/mol. The summed E-state index contributed by atoms with van der Waals surface area (Å²) in [5, 5.41) is 27.6. The van der Waals surface area contributed by atoms with Crippen LogP contribution in [0, 0.1) is 40.8 Å². The SMILES string of the molecule is COc1c(C#N)ccc(OC2C(C)(C)C(NC(=O)c3ccc(N4CCC(CN5CCC(n6ncc7c(N8CCC(=O)NC8=O)cccc76)CC5)CC4)c(F)c3)C2(C)C)c1C.O=CO. The van der Waals surface area contributed by atoms with Gasteiger partial charge in [0.05, 0.1) is 41.8 Å². The van der Waals surface area contributed by atoms with Gasteiger partial charge in [0, 0.05) is 79.1 Å². The van der Waals surface area contributed by atoms with Crippen molar-refractivity contribution in [1.82, 2.24) is 25.3 Å². The number of rotatable bonds is 10. The predicted molar refractivity (Wildman–Crippen MR) is 236 cm³/mol. The number of benzene rings is 3. The van der Waals surface area contributed by atoms with E-state index in [-0.39, 0.29) is 48.5 Å². The zero-order chi connectivity index (χ0) is 45.2. The standard InChI is InChI=1S/C46H55FN8O5.CH2O2/c1-28-38(13-11-31(25-48)40(28)59-6)60-43-45(2,3)42(46(43,4)5)51-41(57)30-10-12-37(34(47)24-30)53-21-14-29(15-22-53)27-52-19-16-32(17-20-52)55-36-9-7-8-35(33(36)26-49-55)54-23-18-39(56)50-44(54)58;2-1-3/h7-13,24,26,29,32,42-43H,14-23,27H2,1-6H3,(H,51,57)(H,50,56,58);1H,(H,2,3). The van der Waals surface area contributed by atoms with Gasteiger partial charge in [-0.3, -0.25) is 29.3 Å². The van der Waals surface area contributed by atoms with Gasteiger partial charge in [0.1, 0.15) is 29.5 Å². The van der Waals surface area contributed by atoms with Crippen molar-refractivity contribution in [2.75, 3.05) is 56.2 Å². The van der Waals surface area contributed by atoms with Gasteiger partial charge in [0.2, 0.25) is 5.91 Å². The summed E-state index contributed by atoms with van der Waals surface area (Å²) in [6, 6.07) is 16.0. The highest BCUT2D eigenvalue weighted by atomic mass is 19.1. The first-order chi connectivity index (χ1) is 30.1. The molecule has 1 aromatic heterocycles. The van der Waals surface area contributed by atoms with Crippen molar-refractivity contribution in [3.05, 3.63) is 77.2 Å². The van der Waals surface area contributed by atoms with Crippen LogP contribution >= 0.6 is 0 Å². The van der Waals surface area contributed by atoms with Crippen molar-refractivity contribution < 1.29 is 38.1 Å². The van der Waals surface area contributed by atoms with Gasteiger partial charge in [-0.2, -0.15) is 10.4 Å². The highest BCUT2D eigenvalue weighted by molar-refractivity contribution is 6.09. The number of carboxylic acid groups (broad SMARTS) is 1. The van der Waals surface area contributed by atoms with Crippen molar-refractivity contribution in [2.24, 2.45) is 16.7 Å². The summed E-state index contributed by atoms with van der Waals surface area (Å²) < 4.78 is 29.9. The zero-order valence-corrected chi connectivity index (χ0v) is 36.8. The summed E-state index contributed by atoms with van der Waals surface area (Å²) in [7, 11) is 1.54. The van der Waals surface area contributed by atoms with Crippen molar-refractivity contribution in [3.8, 4) is 17.6 Å². The van der Waals surface area contributed by atoms with Crippen LogP contribution in [0.3, 0.4) is 0 Å². The van der Waals surface area contributed by atoms with E-state index in [2.05, 4.69) is 58.9 Å². The number of piperidine rings is 2. The molecule has 63 heavy (non-hydrogen) atoms. The van der Waals surface area contributed by atoms with Crippen molar-refractivity contribution in [3.63, 3.8) is 0 Å². The largest absolute Gasteiger partial charge is 0.495 e. The van der Waals surface area contributed by atoms with E-state index in [1.54, 1.807) is 29.2 Å². The average Bonchev–Trinajstić information content (AvgIpc) is 3.70. The summed E-state index contributed by atoms with van der Waals surface area (Å²) in [5.41, 5.74) is 2.89. The van der Waals surface area contributed by atoms with E-state index >= 15 is 4.39 Å². The molecule has 0 unspecified atom stereocenters. The first-order valence-electron chi connectivity index (χ1n) is 21.6. The Morgan fingerprint density at radius 1 is 1.02 bits per heavy atom. The highest BCUT2D eigenvalue weighted by Crippen LogP contribution is 2.56. The molecule has 1 saturated carbocycles. The number of nitrogens with one attached hydrogen (secondary N) is 2. The van der Waals surface area contributed by atoms with E-state index in [4.69, 9.17) is 24.5 Å². The minimum absolute atomic E-state index is 0.237. The van der Waals surface area contributed by atoms with E-state index in [1.165, 1.54) is 13.2 Å². The second-order valence-corrected chi connectivity index (χ2v) is 18.2. The molecule has 4 aliphatic rings. The highest BCUT2D eigenvalue weighted by Gasteiger charge is 2.64. The number of anilines is 2. The number of nitriles is 1. The van der Waals surface area contributed by atoms with E-state index < -0.39 is 22.7 Å². The molecule has 0 spiro atoms. The number of hydrogen-bond donors (Lipinski definition) is 3. The summed E-state index contributed by atoms with van der Waals surface area (Å²) in [6.07, 6.45) is 5.74. The molecule has 1 aliphatic carbocycles. The Labute approximate surface area is 367 Å². The van der Waals surface area contributed by atoms with Crippen LogP contribution in [0.4, 0.5) is 20.6 Å². The van der Waals surface area contributed by atoms with Gasteiger partial charge in [-0.15, -0.1) is 0 Å². The van der Waals surface area contributed by atoms with Crippen LogP contribution in [-0.2, 0) is 9.59 Å². The maximum Gasteiger partial charge on any atom is 0.328 e. The first-order valence-corrected chi connectivity index (χ1v) is 21.6. The number of carbonyl (C=O) groups is 4. The van der Waals surface area contributed by atoms with Gasteiger partial charge in [0.25, 0.3) is 12.4 Å². The normalized spacial score (nSPS) is 21.4. The van der Waals surface area contributed by atoms with Crippen molar-refractivity contribution in [2.45, 2.75) is 84.9 Å². The number of nitrogens with zero attached hydrogens (tertiary/aromatic N) is 6. The fourth-order valence-electron chi connectivity index (χ4n) is 10.6. The molecule has 334 valence electrons. The maximum absolute atomic E-state index is 15.7. The first kappa shape index (κ1) is 44.8. The third-order valence-electron chi connectivity index (χ3n) is 13.6. The third kappa shape index (κ3) is 8.75. The van der Waals surface area contributed by atoms with Gasteiger partial charge in [-0.1, -0.05) is 33.8 Å². The minimum Gasteiger partial charge on any atom is -0.495 e. The molecule has 3 N–H and O–H groups in total. The molecule has 4 heterocycles. The van der Waals surface area contributed by atoms with Crippen LogP contribution in [0.1, 0.15) is 87.3 Å². The van der Waals surface area contributed by atoms with Crippen LogP contribution < -0.4 is 29.9 Å². The molecular weight excluding hydrogens is 808 g/mol. The number of halogens is 1. The number of imide groups is 1. The molecule has 8 rings (SSSR count). The Kier molecular flexibility index (Phi) is 13.0. The quantitative estimate of drug-likeness (QED) is 0.145. The Morgan fingerprint density at radius 3 is 2.35 bits per heavy atom. The Balaban J connectivity index is 0.00000193. The zero-order valence-electron chi connectivity index (χ0n) is 36.8. The lowest BCUT2D eigenvalue weighted by Gasteiger charge is -2.63. The van der Waals surface area contributed by atoms with Crippen LogP contribution in [0.5, 0.6) is 11.5 Å². The lowest BCUT2D eigenvalue weighted by molar-refractivity contribution is -0.164. The molecule has 15 nitrogen and oxygen atoms in total. The summed E-state index contributed by atoms with van der Waals surface area (Å²) in [6.45, 7) is 14.7. The minimum atomic E-state index is -0.440. The number of hydrogen-bond acceptors (Lipinski definition) is 10. The molecule has 4 fully saturated rings. The molecule has 0 atom stereocenters. The number of likely N-dealkylation sites (tertiary alicyclic amines) is 1. The van der Waals surface area contributed by atoms with Gasteiger partial charge >= 0.3 is 6.03 Å². The van der Waals surface area contributed by atoms with Gasteiger partial charge < -0.3 is 29.7 Å². The van der Waals surface area contributed by atoms with Gasteiger partial charge in [-0.05, 0) is 81.0 Å². The maximum atomic E-state index is 15.7. The molecule has 4 amide bonds. The summed E-state index contributed by atoms with van der Waals surface area (Å²) in [4.78, 5) is 52.5. The van der Waals surface area contributed by atoms with Crippen LogP contribution in [0.2, 0.25) is 0 Å². The van der Waals surface area contributed by atoms with Crippen LogP contribution in [-0.4, -0.2) is 103 Å². The molecule has 16 heteroatoms. The molecule has 3 saturated heterocycles. The number of amides is 4. The van der Waals surface area contributed by atoms with E-state index in [0.717, 1.165) is 80.6 Å². The smallest absolute Gasteiger partial charge is 0.328 e. The predicted octanol–water partition coefficient (Wildman–Crippen LogP) is 6.68. The lowest BCUT2D eigenvalue weighted by Crippen LogP contribution is -2.74. The number of urea groups is 1.